The molecule has 1 saturated carbocycles. The van der Waals surface area contributed by atoms with Gasteiger partial charge >= 0.3 is 6.18 Å². The summed E-state index contributed by atoms with van der Waals surface area (Å²) in [6.07, 6.45) is -1.56. The molecule has 0 radical (unpaired) electrons. The van der Waals surface area contributed by atoms with Gasteiger partial charge < -0.3 is 0 Å². The number of nitrogens with one attached hydrogen (secondary N) is 1. The van der Waals surface area contributed by atoms with Crippen LogP contribution in [0.1, 0.15) is 39.5 Å². The van der Waals surface area contributed by atoms with E-state index in [9.17, 15) is 13.2 Å². The van der Waals surface area contributed by atoms with Gasteiger partial charge in [-0.05, 0) is 37.5 Å². The zero-order valence-corrected chi connectivity index (χ0v) is 10.3. The minimum absolute atomic E-state index is 0.516. The molecule has 1 aliphatic rings. The van der Waals surface area contributed by atoms with Gasteiger partial charge in [-0.3, -0.25) is 5.32 Å². The summed E-state index contributed by atoms with van der Waals surface area (Å²) in [6.45, 7) is 3.16. The number of hydrogen-bond acceptors (Lipinski definition) is 2. The molecular formula is C12H19F3N2. The largest absolute Gasteiger partial charge is 0.401 e. The van der Waals surface area contributed by atoms with Gasteiger partial charge in [0.05, 0.1) is 12.6 Å². The quantitative estimate of drug-likeness (QED) is 0.832. The second-order valence-electron chi connectivity index (χ2n) is 5.24. The lowest BCUT2D eigenvalue weighted by Crippen LogP contribution is -2.50. The van der Waals surface area contributed by atoms with Crippen molar-refractivity contribution in [3.05, 3.63) is 0 Å². The minimum Gasteiger partial charge on any atom is -0.291 e. The highest BCUT2D eigenvalue weighted by Gasteiger charge is 2.39. The Balaban J connectivity index is 2.53. The second kappa shape index (κ2) is 5.26. The molecule has 1 rings (SSSR count). The van der Waals surface area contributed by atoms with Gasteiger partial charge in [-0.2, -0.15) is 18.4 Å². The molecular weight excluding hydrogens is 229 g/mol. The van der Waals surface area contributed by atoms with E-state index < -0.39 is 18.3 Å². The summed E-state index contributed by atoms with van der Waals surface area (Å²) >= 11 is 0. The number of alkyl halides is 3. The fourth-order valence-corrected chi connectivity index (χ4v) is 2.40. The van der Waals surface area contributed by atoms with E-state index in [1.807, 2.05) is 6.07 Å². The molecule has 0 bridgehead atoms. The van der Waals surface area contributed by atoms with Crippen LogP contribution >= 0.6 is 0 Å². The molecule has 0 amide bonds. The molecule has 0 saturated heterocycles. The first-order chi connectivity index (χ1) is 7.78. The molecule has 0 heterocycles. The maximum atomic E-state index is 12.1. The molecule has 98 valence electrons. The lowest BCUT2D eigenvalue weighted by Gasteiger charge is -2.37. The summed E-state index contributed by atoms with van der Waals surface area (Å²) in [5.41, 5.74) is -0.971. The van der Waals surface area contributed by atoms with Crippen molar-refractivity contribution in [3.8, 4) is 6.07 Å². The Bertz CT molecular complexity index is 283. The molecule has 1 aliphatic carbocycles. The van der Waals surface area contributed by atoms with E-state index in [1.165, 1.54) is 0 Å². The maximum Gasteiger partial charge on any atom is 0.401 e. The molecule has 2 nitrogen and oxygen atoms in total. The Morgan fingerprint density at radius 3 is 2.24 bits per heavy atom. The fraction of sp³-hybridized carbons (Fsp3) is 0.917. The predicted molar refractivity (Wildman–Crippen MR) is 59.2 cm³/mol. The summed E-state index contributed by atoms with van der Waals surface area (Å²) in [5.74, 6) is 1.07. The first-order valence-corrected chi connectivity index (χ1v) is 6.01. The van der Waals surface area contributed by atoms with Crippen LogP contribution in [-0.2, 0) is 0 Å². The summed E-state index contributed by atoms with van der Waals surface area (Å²) in [7, 11) is 0. The van der Waals surface area contributed by atoms with Gasteiger partial charge in [0.2, 0.25) is 0 Å². The lowest BCUT2D eigenvalue weighted by atomic mass is 9.73. The highest BCUT2D eigenvalue weighted by Crippen LogP contribution is 2.35. The topological polar surface area (TPSA) is 35.8 Å². The van der Waals surface area contributed by atoms with Crippen LogP contribution in [0.2, 0.25) is 0 Å². The van der Waals surface area contributed by atoms with Crippen molar-refractivity contribution in [1.82, 2.24) is 5.32 Å². The molecule has 0 aromatic carbocycles. The highest BCUT2D eigenvalue weighted by molar-refractivity contribution is 5.09. The Hall–Kier alpha value is -0.760. The standard InChI is InChI=1S/C12H19F3N2/c1-9(2)10-3-5-11(7-16,6-4-10)17-8-12(13,14)15/h9-10,17H,3-6,8H2,1-2H3. The van der Waals surface area contributed by atoms with E-state index >= 15 is 0 Å². The average molecular weight is 248 g/mol. The third-order valence-electron chi connectivity index (χ3n) is 3.67. The molecule has 0 unspecified atom stereocenters. The predicted octanol–water partition coefficient (Wildman–Crippen LogP) is 3.25. The highest BCUT2D eigenvalue weighted by atomic mass is 19.4. The molecule has 0 aliphatic heterocycles. The van der Waals surface area contributed by atoms with Crippen LogP contribution in [0.4, 0.5) is 13.2 Å². The van der Waals surface area contributed by atoms with Crippen molar-refractivity contribution in [2.24, 2.45) is 11.8 Å². The van der Waals surface area contributed by atoms with Crippen LogP contribution in [0.5, 0.6) is 0 Å². The van der Waals surface area contributed by atoms with Gasteiger partial charge in [-0.25, -0.2) is 0 Å². The zero-order valence-electron chi connectivity index (χ0n) is 10.3. The summed E-state index contributed by atoms with van der Waals surface area (Å²) < 4.78 is 36.4. The minimum atomic E-state index is -4.25. The number of rotatable bonds is 3. The average Bonchev–Trinajstić information content (AvgIpc) is 2.26. The van der Waals surface area contributed by atoms with Crippen molar-refractivity contribution >= 4 is 0 Å². The lowest BCUT2D eigenvalue weighted by molar-refractivity contribution is -0.128. The van der Waals surface area contributed by atoms with Crippen LogP contribution in [0, 0.1) is 23.2 Å². The Labute approximate surface area is 100 Å². The van der Waals surface area contributed by atoms with E-state index in [0.29, 0.717) is 24.7 Å². The molecule has 17 heavy (non-hydrogen) atoms. The third kappa shape index (κ3) is 4.19. The molecule has 1 N–H and O–H groups in total. The van der Waals surface area contributed by atoms with E-state index in [-0.39, 0.29) is 0 Å². The fourth-order valence-electron chi connectivity index (χ4n) is 2.40. The molecule has 0 aromatic heterocycles. The summed E-state index contributed by atoms with van der Waals surface area (Å²) in [6, 6.07) is 2.04. The van der Waals surface area contributed by atoms with Gasteiger partial charge in [-0.1, -0.05) is 13.8 Å². The van der Waals surface area contributed by atoms with E-state index in [2.05, 4.69) is 19.2 Å². The SMILES string of the molecule is CC(C)C1CCC(C#N)(NCC(F)(F)F)CC1. The van der Waals surface area contributed by atoms with Crippen molar-refractivity contribution in [2.75, 3.05) is 6.54 Å². The van der Waals surface area contributed by atoms with Crippen molar-refractivity contribution in [3.63, 3.8) is 0 Å². The van der Waals surface area contributed by atoms with Gasteiger partial charge in [-0.15, -0.1) is 0 Å². The monoisotopic (exact) mass is 248 g/mol. The smallest absolute Gasteiger partial charge is 0.291 e. The molecule has 1 fully saturated rings. The van der Waals surface area contributed by atoms with Crippen molar-refractivity contribution < 1.29 is 13.2 Å². The maximum absolute atomic E-state index is 12.1. The zero-order chi connectivity index (χ0) is 13.1. The van der Waals surface area contributed by atoms with Gasteiger partial charge in [0.25, 0.3) is 0 Å². The molecule has 0 atom stereocenters. The molecule has 0 aromatic rings. The number of nitriles is 1. The molecule has 0 spiro atoms. The summed E-state index contributed by atoms with van der Waals surface area (Å²) in [5, 5.41) is 11.5. The second-order valence-corrected chi connectivity index (χ2v) is 5.24. The molecule has 5 heteroatoms. The van der Waals surface area contributed by atoms with Crippen LogP contribution < -0.4 is 5.32 Å². The van der Waals surface area contributed by atoms with Crippen molar-refractivity contribution in [2.45, 2.75) is 51.2 Å². The van der Waals surface area contributed by atoms with Crippen LogP contribution in [0.25, 0.3) is 0 Å². The first-order valence-electron chi connectivity index (χ1n) is 6.01. The first kappa shape index (κ1) is 14.3. The van der Waals surface area contributed by atoms with E-state index in [4.69, 9.17) is 5.26 Å². The summed E-state index contributed by atoms with van der Waals surface area (Å²) in [4.78, 5) is 0. The number of nitrogens with zero attached hydrogens (tertiary/aromatic N) is 1. The normalized spacial score (nSPS) is 30.3. The van der Waals surface area contributed by atoms with E-state index in [0.717, 1.165) is 12.8 Å². The van der Waals surface area contributed by atoms with Gasteiger partial charge in [0.15, 0.2) is 0 Å². The van der Waals surface area contributed by atoms with Gasteiger partial charge in [0, 0.05) is 0 Å². The Morgan fingerprint density at radius 2 is 1.88 bits per heavy atom. The van der Waals surface area contributed by atoms with E-state index in [1.54, 1.807) is 0 Å². The van der Waals surface area contributed by atoms with Crippen molar-refractivity contribution in [1.29, 1.82) is 5.26 Å². The van der Waals surface area contributed by atoms with Crippen LogP contribution in [0.15, 0.2) is 0 Å². The number of halogens is 3. The Kier molecular flexibility index (Phi) is 4.42. The number of hydrogen-bond donors (Lipinski definition) is 1. The van der Waals surface area contributed by atoms with Gasteiger partial charge in [0.1, 0.15) is 5.54 Å². The van der Waals surface area contributed by atoms with Crippen LogP contribution in [0.3, 0.4) is 0 Å². The third-order valence-corrected chi connectivity index (χ3v) is 3.67. The Morgan fingerprint density at radius 1 is 1.35 bits per heavy atom. The van der Waals surface area contributed by atoms with Crippen LogP contribution in [-0.4, -0.2) is 18.3 Å².